The van der Waals surface area contributed by atoms with Gasteiger partial charge in [-0.1, -0.05) is 53.7 Å². The van der Waals surface area contributed by atoms with Crippen molar-refractivity contribution in [2.45, 2.75) is 85.2 Å². The van der Waals surface area contributed by atoms with Gasteiger partial charge in [0.2, 0.25) is 0 Å². The molecule has 0 aliphatic carbocycles. The van der Waals surface area contributed by atoms with Crippen LogP contribution in [0.1, 0.15) is 91.1 Å². The van der Waals surface area contributed by atoms with E-state index in [0.717, 1.165) is 11.1 Å². The van der Waals surface area contributed by atoms with Crippen LogP contribution in [-0.2, 0) is 34.0 Å². The highest BCUT2D eigenvalue weighted by Gasteiger charge is 2.40. The average Bonchev–Trinajstić information content (AvgIpc) is 2.58. The first-order valence-electron chi connectivity index (χ1n) is 10.6. The van der Waals surface area contributed by atoms with Gasteiger partial charge in [0, 0.05) is 0 Å². The van der Waals surface area contributed by atoms with Crippen molar-refractivity contribution in [2.75, 3.05) is 19.8 Å². The number of aromatic hydroxyl groups is 1. The second kappa shape index (κ2) is 10.3. The summed E-state index contributed by atoms with van der Waals surface area (Å²) in [5.74, 6) is -0.249. The number of phenolic OH excluding ortho intramolecular Hbond substituents is 1. The third kappa shape index (κ3) is 6.57. The molecule has 30 heavy (non-hydrogen) atoms. The normalized spacial score (nSPS) is 13.9. The fraction of sp³-hybridized carbons (Fsp3) is 0.696. The van der Waals surface area contributed by atoms with Gasteiger partial charge in [-0.2, -0.15) is 0 Å². The van der Waals surface area contributed by atoms with Crippen molar-refractivity contribution >= 4 is 13.6 Å². The molecule has 0 radical (unpaired) electrons. The standard InChI is InChI=1S/C23H39O6P/c1-10-27-20(24)15-19(30(26,28-11-2)29-12-3)16-13-17(22(4,5)6)21(25)18(14-16)23(7,8)9/h13-14,19,25H,10-12,15H2,1-9H3/t19-/m0/s1. The zero-order valence-corrected chi connectivity index (χ0v) is 20.9. The number of carbonyl (C=O) groups excluding carboxylic acids is 1. The molecule has 0 aliphatic rings. The Kier molecular flexibility index (Phi) is 9.16. The lowest BCUT2D eigenvalue weighted by Crippen LogP contribution is -2.20. The van der Waals surface area contributed by atoms with Gasteiger partial charge < -0.3 is 18.9 Å². The molecule has 1 rings (SSSR count). The second-order valence-electron chi connectivity index (χ2n) is 9.36. The van der Waals surface area contributed by atoms with Crippen molar-refractivity contribution in [3.8, 4) is 5.75 Å². The van der Waals surface area contributed by atoms with E-state index in [1.165, 1.54) is 0 Å². The highest BCUT2D eigenvalue weighted by Crippen LogP contribution is 2.63. The molecule has 1 N–H and O–H groups in total. The van der Waals surface area contributed by atoms with E-state index >= 15 is 0 Å². The molecule has 1 aromatic rings. The fourth-order valence-corrected chi connectivity index (χ4v) is 5.40. The molecule has 0 saturated carbocycles. The van der Waals surface area contributed by atoms with Gasteiger partial charge in [-0.15, -0.1) is 0 Å². The predicted octanol–water partition coefficient (Wildman–Crippen LogP) is 6.25. The lowest BCUT2D eigenvalue weighted by molar-refractivity contribution is -0.143. The van der Waals surface area contributed by atoms with Crippen molar-refractivity contribution in [1.82, 2.24) is 0 Å². The lowest BCUT2D eigenvalue weighted by atomic mass is 9.78. The maximum absolute atomic E-state index is 13.7. The van der Waals surface area contributed by atoms with Crippen molar-refractivity contribution in [3.05, 3.63) is 28.8 Å². The van der Waals surface area contributed by atoms with Gasteiger partial charge in [-0.05, 0) is 48.3 Å². The molecule has 0 spiro atoms. The molecule has 0 fully saturated rings. The number of esters is 1. The number of carbonyl (C=O) groups is 1. The summed E-state index contributed by atoms with van der Waals surface area (Å²) < 4.78 is 30.1. The van der Waals surface area contributed by atoms with Crippen LogP contribution in [0.15, 0.2) is 12.1 Å². The molecular formula is C23H39O6P. The first-order chi connectivity index (χ1) is 13.7. The Morgan fingerprint density at radius 3 is 1.70 bits per heavy atom. The molecule has 7 heteroatoms. The van der Waals surface area contributed by atoms with Crippen LogP contribution in [0.25, 0.3) is 0 Å². The van der Waals surface area contributed by atoms with Crippen molar-refractivity contribution in [3.63, 3.8) is 0 Å². The Bertz CT molecular complexity index is 728. The van der Waals surface area contributed by atoms with Crippen LogP contribution in [0.2, 0.25) is 0 Å². The van der Waals surface area contributed by atoms with Gasteiger partial charge in [-0.3, -0.25) is 9.36 Å². The quantitative estimate of drug-likeness (QED) is 0.360. The second-order valence-corrected chi connectivity index (χ2v) is 11.6. The zero-order chi connectivity index (χ0) is 23.3. The zero-order valence-electron chi connectivity index (χ0n) is 20.0. The Morgan fingerprint density at radius 2 is 1.37 bits per heavy atom. The highest BCUT2D eigenvalue weighted by atomic mass is 31.2. The van der Waals surface area contributed by atoms with Crippen LogP contribution in [0.4, 0.5) is 0 Å². The molecule has 172 valence electrons. The minimum atomic E-state index is -3.67. The molecule has 1 atom stereocenters. The van der Waals surface area contributed by atoms with Gasteiger partial charge >= 0.3 is 13.6 Å². The minimum absolute atomic E-state index is 0.136. The summed E-state index contributed by atoms with van der Waals surface area (Å²) in [6.07, 6.45) is -0.136. The Hall–Kier alpha value is -1.36. The number of rotatable bonds is 9. The van der Waals surface area contributed by atoms with E-state index < -0.39 is 19.2 Å². The fourth-order valence-electron chi connectivity index (χ4n) is 3.36. The van der Waals surface area contributed by atoms with Gasteiger partial charge in [0.05, 0.1) is 31.9 Å². The average molecular weight is 443 g/mol. The summed E-state index contributed by atoms with van der Waals surface area (Å²) in [6.45, 7) is 17.8. The summed E-state index contributed by atoms with van der Waals surface area (Å²) in [6, 6.07) is 3.64. The van der Waals surface area contributed by atoms with E-state index in [9.17, 15) is 14.5 Å². The topological polar surface area (TPSA) is 82.1 Å². The van der Waals surface area contributed by atoms with E-state index in [2.05, 4.69) is 0 Å². The Morgan fingerprint density at radius 1 is 0.933 bits per heavy atom. The maximum atomic E-state index is 13.7. The van der Waals surface area contributed by atoms with Gasteiger partial charge in [0.25, 0.3) is 0 Å². The van der Waals surface area contributed by atoms with Crippen molar-refractivity contribution in [1.29, 1.82) is 0 Å². The lowest BCUT2D eigenvalue weighted by Gasteiger charge is -2.31. The predicted molar refractivity (Wildman–Crippen MR) is 120 cm³/mol. The largest absolute Gasteiger partial charge is 0.507 e. The van der Waals surface area contributed by atoms with Crippen molar-refractivity contribution in [2.24, 2.45) is 0 Å². The summed E-state index contributed by atoms with van der Waals surface area (Å²) >= 11 is 0. The van der Waals surface area contributed by atoms with E-state index in [1.807, 2.05) is 53.7 Å². The van der Waals surface area contributed by atoms with E-state index in [1.54, 1.807) is 20.8 Å². The molecule has 0 heterocycles. The first kappa shape index (κ1) is 26.7. The van der Waals surface area contributed by atoms with E-state index in [-0.39, 0.29) is 42.8 Å². The van der Waals surface area contributed by atoms with Crippen LogP contribution in [0.5, 0.6) is 5.75 Å². The third-order valence-electron chi connectivity index (χ3n) is 4.80. The maximum Gasteiger partial charge on any atom is 0.338 e. The molecule has 0 aliphatic heterocycles. The highest BCUT2D eigenvalue weighted by molar-refractivity contribution is 7.54. The SMILES string of the molecule is CCOC(=O)C[C@@H](c1cc(C(C)(C)C)c(O)c(C(C)(C)C)c1)P(=O)(OCC)OCC. The molecular weight excluding hydrogens is 403 g/mol. The molecule has 0 unspecified atom stereocenters. The minimum Gasteiger partial charge on any atom is -0.507 e. The monoisotopic (exact) mass is 442 g/mol. The van der Waals surface area contributed by atoms with Crippen LogP contribution in [0.3, 0.4) is 0 Å². The van der Waals surface area contributed by atoms with E-state index in [4.69, 9.17) is 13.8 Å². The Labute approximate surface area is 181 Å². The van der Waals surface area contributed by atoms with Crippen LogP contribution in [-0.4, -0.2) is 30.9 Å². The van der Waals surface area contributed by atoms with E-state index in [0.29, 0.717) is 5.56 Å². The smallest absolute Gasteiger partial charge is 0.338 e. The van der Waals surface area contributed by atoms with Crippen LogP contribution < -0.4 is 0 Å². The molecule has 1 aromatic carbocycles. The summed E-state index contributed by atoms with van der Waals surface area (Å²) in [5.41, 5.74) is 0.516. The number of hydrogen-bond donors (Lipinski definition) is 1. The number of ether oxygens (including phenoxy) is 1. The van der Waals surface area contributed by atoms with Crippen LogP contribution in [0, 0.1) is 0 Å². The van der Waals surface area contributed by atoms with Gasteiger partial charge in [0.15, 0.2) is 0 Å². The third-order valence-corrected chi connectivity index (χ3v) is 7.28. The van der Waals surface area contributed by atoms with Gasteiger partial charge in [-0.25, -0.2) is 0 Å². The van der Waals surface area contributed by atoms with Crippen molar-refractivity contribution < 1.29 is 28.3 Å². The van der Waals surface area contributed by atoms with Crippen LogP contribution >= 0.6 is 7.60 Å². The summed E-state index contributed by atoms with van der Waals surface area (Å²) in [5, 5.41) is 11.0. The first-order valence-corrected chi connectivity index (χ1v) is 12.2. The summed E-state index contributed by atoms with van der Waals surface area (Å²) in [7, 11) is -3.67. The number of benzene rings is 1. The summed E-state index contributed by atoms with van der Waals surface area (Å²) in [4.78, 5) is 12.4. The number of hydrogen-bond acceptors (Lipinski definition) is 6. The molecule has 6 nitrogen and oxygen atoms in total. The molecule has 0 amide bonds. The molecule has 0 aromatic heterocycles. The molecule has 0 bridgehead atoms. The molecule has 0 saturated heterocycles. The number of phenols is 1. The Balaban J connectivity index is 3.81. The van der Waals surface area contributed by atoms with Gasteiger partial charge in [0.1, 0.15) is 5.75 Å².